The number of para-hydroxylation sites is 2. The molecule has 1 aromatic heterocycles. The fourth-order valence-corrected chi connectivity index (χ4v) is 2.12. The molecule has 0 bridgehead atoms. The smallest absolute Gasteiger partial charge is 0.323 e. The zero-order valence-electron chi connectivity index (χ0n) is 12.0. The van der Waals surface area contributed by atoms with Crippen LogP contribution in [0, 0.1) is 0 Å². The Bertz CT molecular complexity index is 652. The van der Waals surface area contributed by atoms with Crippen molar-refractivity contribution in [3.05, 3.63) is 30.2 Å². The number of carbonyl (C=O) groups is 1. The molecule has 2 N–H and O–H groups in total. The van der Waals surface area contributed by atoms with Crippen molar-refractivity contribution < 1.29 is 9.21 Å². The average Bonchev–Trinajstić information content (AvgIpc) is 2.93. The van der Waals surface area contributed by atoms with Gasteiger partial charge in [0.1, 0.15) is 6.54 Å². The highest BCUT2D eigenvalue weighted by atomic mass is 16.4. The van der Waals surface area contributed by atoms with Gasteiger partial charge in [-0.25, -0.2) is 0 Å². The van der Waals surface area contributed by atoms with Crippen LogP contribution >= 0.6 is 0 Å². The molecule has 2 aromatic rings. The Hall–Kier alpha value is -2.41. The lowest BCUT2D eigenvalue weighted by atomic mass is 10.2. The number of aromatic nitrogens is 2. The van der Waals surface area contributed by atoms with Gasteiger partial charge in [-0.05, 0) is 12.1 Å². The van der Waals surface area contributed by atoms with Crippen LogP contribution in [0.1, 0.15) is 19.7 Å². The molecule has 21 heavy (non-hydrogen) atoms. The fraction of sp³-hybridized carbons (Fsp3) is 0.357. The van der Waals surface area contributed by atoms with E-state index in [1.165, 1.54) is 0 Å². The molecule has 2 heterocycles. The third-order valence-corrected chi connectivity index (χ3v) is 3.12. The van der Waals surface area contributed by atoms with Crippen LogP contribution in [-0.2, 0) is 11.3 Å². The van der Waals surface area contributed by atoms with Crippen molar-refractivity contribution in [3.63, 3.8) is 0 Å². The lowest BCUT2D eigenvalue weighted by Crippen LogP contribution is -2.35. The highest BCUT2D eigenvalue weighted by Gasteiger charge is 2.26. The average molecular weight is 287 g/mol. The third kappa shape index (κ3) is 2.87. The molecule has 0 unspecified atom stereocenters. The largest absolute Gasteiger partial charge is 0.406 e. The van der Waals surface area contributed by atoms with E-state index in [2.05, 4.69) is 20.8 Å². The van der Waals surface area contributed by atoms with Crippen LogP contribution in [0.25, 0.3) is 0 Å². The molecule has 1 aromatic carbocycles. The Balaban J connectivity index is 1.85. The van der Waals surface area contributed by atoms with Crippen LogP contribution in [0.4, 0.5) is 17.4 Å². The van der Waals surface area contributed by atoms with Gasteiger partial charge in [0, 0.05) is 6.04 Å². The minimum atomic E-state index is -0.103. The molecule has 7 nitrogen and oxygen atoms in total. The summed E-state index contributed by atoms with van der Waals surface area (Å²) in [5, 5.41) is 14.1. The Labute approximate surface area is 122 Å². The second-order valence-electron chi connectivity index (χ2n) is 5.17. The topological polar surface area (TPSA) is 83.3 Å². The predicted octanol–water partition coefficient (Wildman–Crippen LogP) is 1.66. The van der Waals surface area contributed by atoms with Crippen LogP contribution in [-0.4, -0.2) is 28.7 Å². The Morgan fingerprint density at radius 3 is 3.00 bits per heavy atom. The molecule has 0 radical (unpaired) electrons. The minimum absolute atomic E-state index is 0.103. The standard InChI is InChI=1S/C14H17N5O2/c1-9(2)15-7-13-17-18-14(21-13)19-8-12(20)16-10-5-3-4-6-11(10)19/h3-6,9,15H,7-8H2,1-2H3,(H,16,20). The lowest BCUT2D eigenvalue weighted by Gasteiger charge is -2.27. The van der Waals surface area contributed by atoms with Gasteiger partial charge < -0.3 is 15.1 Å². The van der Waals surface area contributed by atoms with Crippen molar-refractivity contribution in [1.82, 2.24) is 15.5 Å². The highest BCUT2D eigenvalue weighted by Crippen LogP contribution is 2.33. The molecule has 0 saturated heterocycles. The number of nitrogens with one attached hydrogen (secondary N) is 2. The summed E-state index contributed by atoms with van der Waals surface area (Å²) in [6.07, 6.45) is 0. The van der Waals surface area contributed by atoms with E-state index in [-0.39, 0.29) is 12.5 Å². The number of hydrogen-bond acceptors (Lipinski definition) is 6. The summed E-state index contributed by atoms with van der Waals surface area (Å²) in [6, 6.07) is 8.19. The predicted molar refractivity (Wildman–Crippen MR) is 78.4 cm³/mol. The number of rotatable bonds is 4. The van der Waals surface area contributed by atoms with Crippen molar-refractivity contribution in [3.8, 4) is 0 Å². The number of hydrogen-bond donors (Lipinski definition) is 2. The van der Waals surface area contributed by atoms with E-state index in [1.54, 1.807) is 4.90 Å². The van der Waals surface area contributed by atoms with E-state index in [1.807, 2.05) is 38.1 Å². The molecule has 0 aliphatic carbocycles. The maximum absolute atomic E-state index is 11.8. The van der Waals surface area contributed by atoms with Crippen LogP contribution < -0.4 is 15.5 Å². The first kappa shape index (κ1) is 13.6. The monoisotopic (exact) mass is 287 g/mol. The maximum Gasteiger partial charge on any atom is 0.323 e. The molecular weight excluding hydrogens is 270 g/mol. The quantitative estimate of drug-likeness (QED) is 0.889. The first-order valence-corrected chi connectivity index (χ1v) is 6.85. The van der Waals surface area contributed by atoms with Gasteiger partial charge in [-0.1, -0.05) is 31.1 Å². The van der Waals surface area contributed by atoms with Crippen molar-refractivity contribution in [2.75, 3.05) is 16.8 Å². The Kier molecular flexibility index (Phi) is 3.57. The Morgan fingerprint density at radius 1 is 1.38 bits per heavy atom. The van der Waals surface area contributed by atoms with E-state index in [4.69, 9.17) is 4.42 Å². The Morgan fingerprint density at radius 2 is 2.19 bits per heavy atom. The molecular formula is C14H17N5O2. The fourth-order valence-electron chi connectivity index (χ4n) is 2.12. The molecule has 3 rings (SSSR count). The number of amides is 1. The molecule has 1 aliphatic rings. The normalized spacial score (nSPS) is 14.2. The number of fused-ring (bicyclic) bond motifs is 1. The zero-order valence-corrected chi connectivity index (χ0v) is 12.0. The highest BCUT2D eigenvalue weighted by molar-refractivity contribution is 6.02. The molecule has 0 saturated carbocycles. The van der Waals surface area contributed by atoms with Crippen molar-refractivity contribution in [1.29, 1.82) is 0 Å². The number of nitrogens with zero attached hydrogens (tertiary/aromatic N) is 3. The van der Waals surface area contributed by atoms with Crippen LogP contribution in [0.15, 0.2) is 28.7 Å². The summed E-state index contributed by atoms with van der Waals surface area (Å²) in [6.45, 7) is 4.76. The van der Waals surface area contributed by atoms with Gasteiger partial charge in [-0.2, -0.15) is 0 Å². The van der Waals surface area contributed by atoms with Crippen molar-refractivity contribution in [2.24, 2.45) is 0 Å². The molecule has 0 fully saturated rings. The SMILES string of the molecule is CC(C)NCc1nnc(N2CC(=O)Nc3ccccc32)o1. The van der Waals surface area contributed by atoms with Crippen LogP contribution in [0.3, 0.4) is 0 Å². The molecule has 7 heteroatoms. The molecule has 110 valence electrons. The number of benzene rings is 1. The van der Waals surface area contributed by atoms with Gasteiger partial charge >= 0.3 is 6.01 Å². The van der Waals surface area contributed by atoms with Crippen LogP contribution in [0.5, 0.6) is 0 Å². The first-order valence-electron chi connectivity index (χ1n) is 6.85. The summed E-state index contributed by atoms with van der Waals surface area (Å²) >= 11 is 0. The first-order chi connectivity index (χ1) is 10.1. The lowest BCUT2D eigenvalue weighted by molar-refractivity contribution is -0.115. The van der Waals surface area contributed by atoms with Crippen molar-refractivity contribution >= 4 is 23.3 Å². The van der Waals surface area contributed by atoms with Crippen LogP contribution in [0.2, 0.25) is 0 Å². The summed E-state index contributed by atoms with van der Waals surface area (Å²) < 4.78 is 5.64. The molecule has 0 spiro atoms. The second kappa shape index (κ2) is 5.53. The number of anilines is 3. The summed E-state index contributed by atoms with van der Waals surface area (Å²) in [7, 11) is 0. The van der Waals surface area contributed by atoms with Crippen molar-refractivity contribution in [2.45, 2.75) is 26.4 Å². The van der Waals surface area contributed by atoms with Gasteiger partial charge in [0.25, 0.3) is 0 Å². The van der Waals surface area contributed by atoms with E-state index >= 15 is 0 Å². The third-order valence-electron chi connectivity index (χ3n) is 3.12. The van der Waals surface area contributed by atoms with Gasteiger partial charge in [0.2, 0.25) is 11.8 Å². The van der Waals surface area contributed by atoms with E-state index in [0.717, 1.165) is 11.4 Å². The van der Waals surface area contributed by atoms with Gasteiger partial charge in [-0.15, -0.1) is 5.10 Å². The zero-order chi connectivity index (χ0) is 14.8. The molecule has 1 aliphatic heterocycles. The van der Waals surface area contributed by atoms with Gasteiger partial charge in [0.05, 0.1) is 17.9 Å². The van der Waals surface area contributed by atoms with Gasteiger partial charge in [-0.3, -0.25) is 9.69 Å². The second-order valence-corrected chi connectivity index (χ2v) is 5.17. The summed E-state index contributed by atoms with van der Waals surface area (Å²) in [5.74, 6) is 0.399. The maximum atomic E-state index is 11.8. The van der Waals surface area contributed by atoms with Gasteiger partial charge in [0.15, 0.2) is 0 Å². The molecule has 1 amide bonds. The molecule has 0 atom stereocenters. The van der Waals surface area contributed by atoms with E-state index in [0.29, 0.717) is 24.5 Å². The van der Waals surface area contributed by atoms with E-state index < -0.39 is 0 Å². The number of carbonyl (C=O) groups excluding carboxylic acids is 1. The summed E-state index contributed by atoms with van der Waals surface area (Å²) in [4.78, 5) is 13.5. The minimum Gasteiger partial charge on any atom is -0.406 e. The summed E-state index contributed by atoms with van der Waals surface area (Å²) in [5.41, 5.74) is 1.60. The van der Waals surface area contributed by atoms with E-state index in [9.17, 15) is 4.79 Å².